The molecule has 0 aromatic rings. The fourth-order valence-electron chi connectivity index (χ4n) is 2.17. The average molecular weight is 228 g/mol. The minimum atomic E-state index is -0.373. The van der Waals surface area contributed by atoms with Gasteiger partial charge in [0.05, 0.1) is 7.11 Å². The predicted molar refractivity (Wildman–Crippen MR) is 64.4 cm³/mol. The maximum atomic E-state index is 11.6. The molecule has 1 saturated carbocycles. The maximum absolute atomic E-state index is 11.6. The first-order valence-electron chi connectivity index (χ1n) is 6.24. The molecule has 94 valence electrons. The lowest BCUT2D eigenvalue weighted by Crippen LogP contribution is -2.58. The Kier molecular flexibility index (Phi) is 5.22. The summed E-state index contributed by atoms with van der Waals surface area (Å²) < 4.78 is 4.85. The Balaban J connectivity index is 2.32. The second-order valence-electron chi connectivity index (χ2n) is 4.38. The number of nitrogens with zero attached hydrogens (tertiary/aromatic N) is 1. The molecule has 1 N–H and O–H groups in total. The van der Waals surface area contributed by atoms with Crippen molar-refractivity contribution in [1.82, 2.24) is 10.2 Å². The van der Waals surface area contributed by atoms with Gasteiger partial charge in [-0.15, -0.1) is 0 Å². The Morgan fingerprint density at radius 2 is 2.00 bits per heavy atom. The zero-order chi connectivity index (χ0) is 12.0. The molecule has 0 aromatic heterocycles. The third-order valence-corrected chi connectivity index (χ3v) is 3.57. The van der Waals surface area contributed by atoms with Crippen molar-refractivity contribution in [3.8, 4) is 0 Å². The van der Waals surface area contributed by atoms with Crippen LogP contribution in [-0.4, -0.2) is 49.7 Å². The number of rotatable bonds is 7. The number of carbonyl (C=O) groups is 1. The van der Waals surface area contributed by atoms with Crippen molar-refractivity contribution in [2.45, 2.75) is 38.6 Å². The minimum absolute atomic E-state index is 0.0988. The summed E-state index contributed by atoms with van der Waals surface area (Å²) in [4.78, 5) is 14.0. The fourth-order valence-corrected chi connectivity index (χ4v) is 2.17. The highest BCUT2D eigenvalue weighted by atomic mass is 16.5. The molecule has 0 radical (unpaired) electrons. The highest BCUT2D eigenvalue weighted by molar-refractivity contribution is 5.81. The van der Waals surface area contributed by atoms with Gasteiger partial charge in [0, 0.05) is 13.1 Å². The summed E-state index contributed by atoms with van der Waals surface area (Å²) in [6.45, 7) is 8.28. The molecule has 0 heterocycles. The van der Waals surface area contributed by atoms with Crippen molar-refractivity contribution in [2.75, 3.05) is 33.3 Å². The molecular weight excluding hydrogens is 204 g/mol. The van der Waals surface area contributed by atoms with E-state index < -0.39 is 0 Å². The van der Waals surface area contributed by atoms with E-state index in [1.165, 1.54) is 7.11 Å². The van der Waals surface area contributed by atoms with Crippen molar-refractivity contribution in [3.63, 3.8) is 0 Å². The molecule has 0 bridgehead atoms. The fraction of sp³-hybridized carbons (Fsp3) is 0.917. The SMILES string of the molecule is CCN(CC)CCNC1(C(=O)OC)CCC1. The van der Waals surface area contributed by atoms with Crippen LogP contribution in [0.1, 0.15) is 33.1 Å². The van der Waals surface area contributed by atoms with Gasteiger partial charge in [-0.2, -0.15) is 0 Å². The Morgan fingerprint density at radius 1 is 1.38 bits per heavy atom. The van der Waals surface area contributed by atoms with E-state index in [1.54, 1.807) is 0 Å². The largest absolute Gasteiger partial charge is 0.468 e. The highest BCUT2D eigenvalue weighted by Gasteiger charge is 2.44. The van der Waals surface area contributed by atoms with Crippen LogP contribution in [0, 0.1) is 0 Å². The van der Waals surface area contributed by atoms with E-state index in [1.807, 2.05) is 0 Å². The van der Waals surface area contributed by atoms with Crippen LogP contribution >= 0.6 is 0 Å². The summed E-state index contributed by atoms with van der Waals surface area (Å²) >= 11 is 0. The third kappa shape index (κ3) is 2.95. The number of carbonyl (C=O) groups excluding carboxylic acids is 1. The van der Waals surface area contributed by atoms with Crippen LogP contribution in [-0.2, 0) is 9.53 Å². The van der Waals surface area contributed by atoms with Gasteiger partial charge in [0.1, 0.15) is 5.54 Å². The van der Waals surface area contributed by atoms with Gasteiger partial charge < -0.3 is 15.0 Å². The standard InChI is InChI=1S/C12H24N2O2/c1-4-14(5-2)10-9-13-12(7-6-8-12)11(15)16-3/h13H,4-10H2,1-3H3. The van der Waals surface area contributed by atoms with Gasteiger partial charge in [0.25, 0.3) is 0 Å². The first-order chi connectivity index (χ1) is 7.68. The van der Waals surface area contributed by atoms with Gasteiger partial charge in [-0.05, 0) is 32.4 Å². The molecule has 0 saturated heterocycles. The molecular formula is C12H24N2O2. The number of nitrogens with one attached hydrogen (secondary N) is 1. The lowest BCUT2D eigenvalue weighted by atomic mass is 9.76. The van der Waals surface area contributed by atoms with Gasteiger partial charge in [-0.25, -0.2) is 0 Å². The predicted octanol–water partition coefficient (Wildman–Crippen LogP) is 1.01. The number of hydrogen-bond acceptors (Lipinski definition) is 4. The average Bonchev–Trinajstić information content (AvgIpc) is 2.26. The molecule has 0 amide bonds. The summed E-state index contributed by atoms with van der Waals surface area (Å²) in [6, 6.07) is 0. The van der Waals surface area contributed by atoms with E-state index in [9.17, 15) is 4.79 Å². The van der Waals surface area contributed by atoms with Gasteiger partial charge in [-0.3, -0.25) is 4.79 Å². The van der Waals surface area contributed by atoms with E-state index in [0.29, 0.717) is 0 Å². The Bertz CT molecular complexity index is 223. The van der Waals surface area contributed by atoms with Crippen LogP contribution in [0.15, 0.2) is 0 Å². The molecule has 0 atom stereocenters. The van der Waals surface area contributed by atoms with Gasteiger partial charge >= 0.3 is 5.97 Å². The molecule has 4 nitrogen and oxygen atoms in total. The van der Waals surface area contributed by atoms with E-state index in [2.05, 4.69) is 24.1 Å². The molecule has 0 aliphatic heterocycles. The molecule has 1 fully saturated rings. The van der Waals surface area contributed by atoms with Crippen LogP contribution in [0.5, 0.6) is 0 Å². The quantitative estimate of drug-likeness (QED) is 0.660. The van der Waals surface area contributed by atoms with Crippen molar-refractivity contribution in [1.29, 1.82) is 0 Å². The van der Waals surface area contributed by atoms with E-state index in [4.69, 9.17) is 4.74 Å². The normalized spacial score (nSPS) is 18.2. The number of hydrogen-bond donors (Lipinski definition) is 1. The second kappa shape index (κ2) is 6.21. The van der Waals surface area contributed by atoms with Gasteiger partial charge in [-0.1, -0.05) is 13.8 Å². The van der Waals surface area contributed by atoms with Crippen LogP contribution in [0.4, 0.5) is 0 Å². The molecule has 1 aliphatic rings. The first-order valence-corrected chi connectivity index (χ1v) is 6.24. The molecule has 0 unspecified atom stereocenters. The van der Waals surface area contributed by atoms with E-state index in [-0.39, 0.29) is 11.5 Å². The smallest absolute Gasteiger partial charge is 0.326 e. The van der Waals surface area contributed by atoms with Crippen LogP contribution < -0.4 is 5.32 Å². The first kappa shape index (κ1) is 13.5. The summed E-state index contributed by atoms with van der Waals surface area (Å²) in [5.41, 5.74) is -0.373. The van der Waals surface area contributed by atoms with E-state index in [0.717, 1.165) is 45.4 Å². The second-order valence-corrected chi connectivity index (χ2v) is 4.38. The number of ether oxygens (including phenoxy) is 1. The molecule has 1 aliphatic carbocycles. The minimum Gasteiger partial charge on any atom is -0.468 e. The monoisotopic (exact) mass is 228 g/mol. The Hall–Kier alpha value is -0.610. The Labute approximate surface area is 98.3 Å². The van der Waals surface area contributed by atoms with Crippen molar-refractivity contribution in [2.24, 2.45) is 0 Å². The van der Waals surface area contributed by atoms with Crippen molar-refractivity contribution >= 4 is 5.97 Å². The zero-order valence-corrected chi connectivity index (χ0v) is 10.7. The number of likely N-dealkylation sites (N-methyl/N-ethyl adjacent to an activating group) is 1. The summed E-state index contributed by atoms with van der Waals surface area (Å²) in [7, 11) is 1.47. The van der Waals surface area contributed by atoms with Crippen molar-refractivity contribution < 1.29 is 9.53 Å². The molecule has 0 aromatic carbocycles. The highest BCUT2D eigenvalue weighted by Crippen LogP contribution is 2.32. The van der Waals surface area contributed by atoms with Crippen LogP contribution in [0.2, 0.25) is 0 Å². The maximum Gasteiger partial charge on any atom is 0.326 e. The zero-order valence-electron chi connectivity index (χ0n) is 10.7. The van der Waals surface area contributed by atoms with Crippen LogP contribution in [0.3, 0.4) is 0 Å². The number of methoxy groups -OCH3 is 1. The molecule has 16 heavy (non-hydrogen) atoms. The summed E-state index contributed by atoms with van der Waals surface area (Å²) in [6.07, 6.45) is 2.95. The van der Waals surface area contributed by atoms with Crippen molar-refractivity contribution in [3.05, 3.63) is 0 Å². The topological polar surface area (TPSA) is 41.6 Å². The number of esters is 1. The lowest BCUT2D eigenvalue weighted by molar-refractivity contribution is -0.152. The summed E-state index contributed by atoms with van der Waals surface area (Å²) in [5, 5.41) is 3.37. The van der Waals surface area contributed by atoms with Gasteiger partial charge in [0.2, 0.25) is 0 Å². The molecule has 4 heteroatoms. The summed E-state index contributed by atoms with van der Waals surface area (Å²) in [5.74, 6) is -0.0988. The third-order valence-electron chi connectivity index (χ3n) is 3.57. The van der Waals surface area contributed by atoms with Gasteiger partial charge in [0.15, 0.2) is 0 Å². The Morgan fingerprint density at radius 3 is 2.38 bits per heavy atom. The van der Waals surface area contributed by atoms with Crippen LogP contribution in [0.25, 0.3) is 0 Å². The molecule has 1 rings (SSSR count). The lowest BCUT2D eigenvalue weighted by Gasteiger charge is -2.40. The van der Waals surface area contributed by atoms with E-state index >= 15 is 0 Å². The molecule has 0 spiro atoms.